The lowest BCUT2D eigenvalue weighted by molar-refractivity contribution is 0.498. The van der Waals surface area contributed by atoms with Crippen molar-refractivity contribution in [1.29, 1.82) is 0 Å². The van der Waals surface area contributed by atoms with E-state index in [0.717, 1.165) is 44.2 Å². The average Bonchev–Trinajstić information content (AvgIpc) is 2.94. The van der Waals surface area contributed by atoms with Gasteiger partial charge in [0.2, 0.25) is 0 Å². The summed E-state index contributed by atoms with van der Waals surface area (Å²) in [4.78, 5) is 4.82. The van der Waals surface area contributed by atoms with Gasteiger partial charge in [0, 0.05) is 37.8 Å². The van der Waals surface area contributed by atoms with E-state index in [1.807, 2.05) is 0 Å². The molecule has 1 fully saturated rings. The Bertz CT molecular complexity index is 599. The molecular weight excluding hydrogens is 298 g/mol. The van der Waals surface area contributed by atoms with E-state index in [1.54, 1.807) is 0 Å². The van der Waals surface area contributed by atoms with E-state index in [0.29, 0.717) is 17.5 Å². The van der Waals surface area contributed by atoms with E-state index in [-0.39, 0.29) is 0 Å². The van der Waals surface area contributed by atoms with Crippen molar-refractivity contribution in [2.24, 2.45) is 16.3 Å². The number of fused-ring (bicyclic) bond motifs is 1. The highest BCUT2D eigenvalue weighted by molar-refractivity contribution is 5.80. The van der Waals surface area contributed by atoms with Crippen molar-refractivity contribution in [2.45, 2.75) is 72.4 Å². The lowest BCUT2D eigenvalue weighted by atomic mass is 9.94. The summed E-state index contributed by atoms with van der Waals surface area (Å²) in [7, 11) is 0. The molecule has 1 saturated carbocycles. The number of rotatable bonds is 5. The Morgan fingerprint density at radius 1 is 1.46 bits per heavy atom. The molecule has 1 aromatic heterocycles. The summed E-state index contributed by atoms with van der Waals surface area (Å²) in [5.41, 5.74) is 3.17. The standard InChI is InChI=1S/C19H33N5/c1-6-20-18(21-11-15-10-19(15,4)5)22-16-8-7-14-12-24(13(2)3)23-17(14)9-16/h12-13,15-16H,6-11H2,1-5H3,(H2,20,21,22). The Labute approximate surface area is 146 Å². The van der Waals surface area contributed by atoms with Gasteiger partial charge in [-0.3, -0.25) is 9.67 Å². The number of hydrogen-bond acceptors (Lipinski definition) is 2. The first kappa shape index (κ1) is 17.3. The van der Waals surface area contributed by atoms with Crippen LogP contribution in [0.25, 0.3) is 0 Å². The summed E-state index contributed by atoms with van der Waals surface area (Å²) in [6, 6.07) is 0.862. The number of hydrogen-bond donors (Lipinski definition) is 2. The van der Waals surface area contributed by atoms with Crippen LogP contribution in [0.2, 0.25) is 0 Å². The molecule has 0 aromatic carbocycles. The van der Waals surface area contributed by atoms with Crippen LogP contribution in [-0.2, 0) is 12.8 Å². The zero-order chi connectivity index (χ0) is 17.3. The molecule has 24 heavy (non-hydrogen) atoms. The van der Waals surface area contributed by atoms with Crippen LogP contribution in [0.3, 0.4) is 0 Å². The van der Waals surface area contributed by atoms with E-state index in [9.17, 15) is 0 Å². The van der Waals surface area contributed by atoms with Gasteiger partial charge < -0.3 is 10.6 Å². The molecule has 0 bridgehead atoms. The Morgan fingerprint density at radius 2 is 2.21 bits per heavy atom. The molecule has 0 amide bonds. The summed E-state index contributed by atoms with van der Waals surface area (Å²) in [6.07, 6.45) is 6.78. The minimum Gasteiger partial charge on any atom is -0.357 e. The van der Waals surface area contributed by atoms with Crippen LogP contribution in [0.15, 0.2) is 11.2 Å². The summed E-state index contributed by atoms with van der Waals surface area (Å²) in [5.74, 6) is 1.71. The molecule has 2 aliphatic carbocycles. The zero-order valence-corrected chi connectivity index (χ0v) is 15.9. The molecule has 2 N–H and O–H groups in total. The molecule has 134 valence electrons. The maximum Gasteiger partial charge on any atom is 0.191 e. The van der Waals surface area contributed by atoms with Gasteiger partial charge in [0.25, 0.3) is 0 Å². The maximum absolute atomic E-state index is 4.82. The van der Waals surface area contributed by atoms with Crippen LogP contribution in [0.5, 0.6) is 0 Å². The van der Waals surface area contributed by atoms with Gasteiger partial charge in [-0.2, -0.15) is 5.10 Å². The maximum atomic E-state index is 4.82. The minimum atomic E-state index is 0.429. The molecule has 1 aromatic rings. The van der Waals surface area contributed by atoms with Crippen LogP contribution in [0.1, 0.15) is 64.8 Å². The van der Waals surface area contributed by atoms with Gasteiger partial charge >= 0.3 is 0 Å². The Hall–Kier alpha value is -1.52. The van der Waals surface area contributed by atoms with E-state index in [1.165, 1.54) is 17.7 Å². The highest BCUT2D eigenvalue weighted by Gasteiger charge is 2.45. The average molecular weight is 332 g/mol. The lowest BCUT2D eigenvalue weighted by Crippen LogP contribution is -2.45. The Morgan fingerprint density at radius 3 is 2.83 bits per heavy atom. The zero-order valence-electron chi connectivity index (χ0n) is 15.9. The molecular formula is C19H33N5. The van der Waals surface area contributed by atoms with Crippen molar-refractivity contribution >= 4 is 5.96 Å². The fourth-order valence-corrected chi connectivity index (χ4v) is 3.50. The highest BCUT2D eigenvalue weighted by Crippen LogP contribution is 2.51. The smallest absolute Gasteiger partial charge is 0.191 e. The van der Waals surface area contributed by atoms with E-state index < -0.39 is 0 Å². The number of guanidine groups is 1. The molecule has 0 radical (unpaired) electrons. The predicted octanol–water partition coefficient (Wildman–Crippen LogP) is 2.92. The quantitative estimate of drug-likeness (QED) is 0.644. The predicted molar refractivity (Wildman–Crippen MR) is 99.4 cm³/mol. The number of aliphatic imine (C=N–C) groups is 1. The van der Waals surface area contributed by atoms with Crippen molar-refractivity contribution in [3.8, 4) is 0 Å². The number of nitrogens with one attached hydrogen (secondary N) is 2. The van der Waals surface area contributed by atoms with Crippen molar-refractivity contribution in [3.05, 3.63) is 17.5 Å². The van der Waals surface area contributed by atoms with Crippen molar-refractivity contribution in [3.63, 3.8) is 0 Å². The third kappa shape index (κ3) is 3.93. The molecule has 5 heteroatoms. The highest BCUT2D eigenvalue weighted by atomic mass is 15.3. The first-order valence-electron chi connectivity index (χ1n) is 9.50. The van der Waals surface area contributed by atoms with Gasteiger partial charge in [0.1, 0.15) is 0 Å². The summed E-state index contributed by atoms with van der Waals surface area (Å²) in [6.45, 7) is 13.0. The van der Waals surface area contributed by atoms with Gasteiger partial charge in [-0.05, 0) is 56.9 Å². The Balaban J connectivity index is 1.60. The Kier molecular flexibility index (Phi) is 4.88. The molecule has 0 aliphatic heterocycles. The minimum absolute atomic E-state index is 0.429. The fraction of sp³-hybridized carbons (Fsp3) is 0.789. The summed E-state index contributed by atoms with van der Waals surface area (Å²) < 4.78 is 2.10. The monoisotopic (exact) mass is 331 g/mol. The van der Waals surface area contributed by atoms with Crippen molar-refractivity contribution < 1.29 is 0 Å². The topological polar surface area (TPSA) is 54.2 Å². The summed E-state index contributed by atoms with van der Waals surface area (Å²) >= 11 is 0. The molecule has 2 aliphatic rings. The molecule has 0 saturated heterocycles. The number of nitrogens with zero attached hydrogens (tertiary/aromatic N) is 3. The molecule has 2 unspecified atom stereocenters. The van der Waals surface area contributed by atoms with Crippen LogP contribution in [0.4, 0.5) is 0 Å². The van der Waals surface area contributed by atoms with E-state index in [2.05, 4.69) is 56.1 Å². The van der Waals surface area contributed by atoms with Crippen LogP contribution in [0, 0.1) is 11.3 Å². The van der Waals surface area contributed by atoms with Crippen LogP contribution < -0.4 is 10.6 Å². The van der Waals surface area contributed by atoms with Gasteiger partial charge in [-0.15, -0.1) is 0 Å². The second kappa shape index (κ2) is 6.77. The SMILES string of the molecule is CCNC(=NCC1CC1(C)C)NC1CCc2cn(C(C)C)nc2C1. The van der Waals surface area contributed by atoms with Gasteiger partial charge in [-0.25, -0.2) is 0 Å². The third-order valence-corrected chi connectivity index (χ3v) is 5.50. The van der Waals surface area contributed by atoms with Crippen LogP contribution in [-0.4, -0.2) is 34.9 Å². The van der Waals surface area contributed by atoms with E-state index >= 15 is 0 Å². The first-order chi connectivity index (χ1) is 11.4. The largest absolute Gasteiger partial charge is 0.357 e. The normalized spacial score (nSPS) is 25.5. The van der Waals surface area contributed by atoms with Crippen molar-refractivity contribution in [2.75, 3.05) is 13.1 Å². The first-order valence-corrected chi connectivity index (χ1v) is 9.50. The molecule has 3 rings (SSSR count). The number of aromatic nitrogens is 2. The second-order valence-corrected chi connectivity index (χ2v) is 8.37. The lowest BCUT2D eigenvalue weighted by Gasteiger charge is -2.24. The number of aryl methyl sites for hydroxylation is 1. The van der Waals surface area contributed by atoms with E-state index in [4.69, 9.17) is 10.1 Å². The molecule has 5 nitrogen and oxygen atoms in total. The molecule has 1 heterocycles. The summed E-state index contributed by atoms with van der Waals surface area (Å²) in [5, 5.41) is 11.8. The third-order valence-electron chi connectivity index (χ3n) is 5.50. The molecule has 2 atom stereocenters. The van der Waals surface area contributed by atoms with Gasteiger partial charge in [0.05, 0.1) is 5.69 Å². The van der Waals surface area contributed by atoms with Gasteiger partial charge in [-0.1, -0.05) is 13.8 Å². The fourth-order valence-electron chi connectivity index (χ4n) is 3.50. The van der Waals surface area contributed by atoms with Crippen LogP contribution >= 0.6 is 0 Å². The van der Waals surface area contributed by atoms with Crippen molar-refractivity contribution in [1.82, 2.24) is 20.4 Å². The second-order valence-electron chi connectivity index (χ2n) is 8.37. The van der Waals surface area contributed by atoms with Gasteiger partial charge in [0.15, 0.2) is 5.96 Å². The molecule has 0 spiro atoms.